The van der Waals surface area contributed by atoms with Crippen LogP contribution in [0.4, 0.5) is 31.1 Å². The number of hydrogen-bond acceptors (Lipinski definition) is 11. The number of aryl methyl sites for hydroxylation is 2. The number of alkyl halides is 6. The van der Waals surface area contributed by atoms with Gasteiger partial charge in [0.05, 0.1) is 40.3 Å². The number of fused-ring (bicyclic) bond motifs is 2. The van der Waals surface area contributed by atoms with Crippen LogP contribution in [-0.4, -0.2) is 160 Å². The van der Waals surface area contributed by atoms with Crippen LogP contribution < -0.4 is 0 Å². The minimum atomic E-state index is -4.37. The standard InChI is InChI=1S/C29H38F3N5O2.C27H40F3N3O3/c1-18-16-36(28(4)8-10-35(11-9-28)27(38)26-19(2)33-17-34-20(26)3)12-13-37(18)24-15-25(39-5)23-14-21(29(30,31)32)6-7-22(23)24;1-18-17-32(26(5)9-11-31(12-10-26)24(34)36-25(2,3)4)13-14-33(18)22-16-23(35-6)21-15-19(27(28,29)30)7-8-20(21)22/h6-7,14,17-18,24-25H,8-13,15-16H2,1-5H3;7-8,15,18,22-23H,9-14,16-17H2,1-6H3/t18-,24?,25?;/m0./s1. The summed E-state index contributed by atoms with van der Waals surface area (Å²) in [5, 5.41) is 0. The van der Waals surface area contributed by atoms with Crippen LogP contribution in [0, 0.1) is 13.8 Å². The summed E-state index contributed by atoms with van der Waals surface area (Å²) >= 11 is 0. The number of amides is 2. The van der Waals surface area contributed by atoms with Gasteiger partial charge in [0.2, 0.25) is 0 Å². The third-order valence-electron chi connectivity index (χ3n) is 17.4. The van der Waals surface area contributed by atoms with Crippen molar-refractivity contribution >= 4 is 12.0 Å². The number of halogens is 6. The van der Waals surface area contributed by atoms with Gasteiger partial charge in [0.15, 0.2) is 0 Å². The molecule has 2 amide bonds. The summed E-state index contributed by atoms with van der Waals surface area (Å²) in [5.74, 6) is 0.00659. The number of hydrogen-bond donors (Lipinski definition) is 0. The quantitative estimate of drug-likeness (QED) is 0.211. The summed E-state index contributed by atoms with van der Waals surface area (Å²) in [6.07, 6.45) is -3.28. The van der Waals surface area contributed by atoms with Crippen LogP contribution >= 0.6 is 0 Å². The largest absolute Gasteiger partial charge is 0.444 e. The molecular weight excluding hydrogens is 979 g/mol. The first-order chi connectivity index (χ1) is 35.1. The Hall–Kier alpha value is -4.40. The number of benzene rings is 2. The maximum absolute atomic E-state index is 13.4. The summed E-state index contributed by atoms with van der Waals surface area (Å²) < 4.78 is 96.8. The summed E-state index contributed by atoms with van der Waals surface area (Å²) in [5.41, 5.74) is 3.50. The van der Waals surface area contributed by atoms with E-state index in [1.807, 2.05) is 44.4 Å². The van der Waals surface area contributed by atoms with Crippen molar-refractivity contribution in [3.05, 3.63) is 93.1 Å². The van der Waals surface area contributed by atoms with Gasteiger partial charge in [-0.3, -0.25) is 24.4 Å². The average Bonchev–Trinajstić information content (AvgIpc) is 3.91. The number of piperidine rings is 2. The van der Waals surface area contributed by atoms with Crippen molar-refractivity contribution in [2.45, 2.75) is 166 Å². The first-order valence-electron chi connectivity index (χ1n) is 26.7. The second-order valence-corrected chi connectivity index (χ2v) is 23.4. The van der Waals surface area contributed by atoms with Gasteiger partial charge < -0.3 is 24.0 Å². The highest BCUT2D eigenvalue weighted by molar-refractivity contribution is 5.96. The Morgan fingerprint density at radius 3 is 1.36 bits per heavy atom. The molecule has 9 rings (SSSR count). The minimum absolute atomic E-state index is 0.00310. The van der Waals surface area contributed by atoms with Crippen LogP contribution in [0.3, 0.4) is 0 Å². The van der Waals surface area contributed by atoms with E-state index < -0.39 is 29.1 Å². The van der Waals surface area contributed by atoms with Crippen molar-refractivity contribution in [3.8, 4) is 0 Å². The van der Waals surface area contributed by atoms with Gasteiger partial charge in [-0.15, -0.1) is 0 Å². The second-order valence-electron chi connectivity index (χ2n) is 23.4. The van der Waals surface area contributed by atoms with Crippen molar-refractivity contribution in [2.24, 2.45) is 0 Å². The molecule has 1 aromatic heterocycles. The van der Waals surface area contributed by atoms with Crippen LogP contribution in [-0.2, 0) is 26.6 Å². The zero-order valence-electron chi connectivity index (χ0n) is 45.7. The molecule has 0 saturated carbocycles. The summed E-state index contributed by atoms with van der Waals surface area (Å²) in [6.45, 7) is 26.3. The van der Waals surface area contributed by atoms with Gasteiger partial charge in [-0.05, 0) is 147 Å². The molecule has 0 radical (unpaired) electrons. The Morgan fingerprint density at radius 1 is 0.600 bits per heavy atom. The van der Waals surface area contributed by atoms with Gasteiger partial charge in [-0.2, -0.15) is 26.3 Å². The number of carbonyl (C=O) groups excluding carboxylic acids is 2. The van der Waals surface area contributed by atoms with Gasteiger partial charge >= 0.3 is 18.4 Å². The van der Waals surface area contributed by atoms with E-state index in [-0.39, 0.29) is 59.5 Å². The van der Waals surface area contributed by atoms with Crippen LogP contribution in [0.2, 0.25) is 0 Å². The highest BCUT2D eigenvalue weighted by atomic mass is 19.4. The van der Waals surface area contributed by atoms with Crippen molar-refractivity contribution in [3.63, 3.8) is 0 Å². The molecule has 5 unspecified atom stereocenters. The molecular formula is C56H78F6N8O5. The smallest absolute Gasteiger partial charge is 0.416 e. The fourth-order valence-electron chi connectivity index (χ4n) is 12.9. The molecule has 13 nitrogen and oxygen atoms in total. The molecule has 4 fully saturated rings. The van der Waals surface area contributed by atoms with Gasteiger partial charge in [0.1, 0.15) is 11.9 Å². The third kappa shape index (κ3) is 12.0. The molecule has 4 aliphatic heterocycles. The second kappa shape index (κ2) is 21.8. The lowest BCUT2D eigenvalue weighted by Crippen LogP contribution is -2.62. The van der Waals surface area contributed by atoms with Gasteiger partial charge in [-0.25, -0.2) is 14.8 Å². The van der Waals surface area contributed by atoms with Crippen molar-refractivity contribution in [1.29, 1.82) is 0 Å². The number of ether oxygens (including phenoxy) is 3. The Labute approximate surface area is 439 Å². The Kier molecular flexibility index (Phi) is 16.5. The van der Waals surface area contributed by atoms with E-state index in [1.54, 1.807) is 26.4 Å². The lowest BCUT2D eigenvalue weighted by atomic mass is 9.86. The highest BCUT2D eigenvalue weighted by Gasteiger charge is 2.47. The highest BCUT2D eigenvalue weighted by Crippen LogP contribution is 2.49. The van der Waals surface area contributed by atoms with Crippen molar-refractivity contribution in [2.75, 3.05) is 79.7 Å². The summed E-state index contributed by atoms with van der Waals surface area (Å²) in [7, 11) is 3.15. The van der Waals surface area contributed by atoms with E-state index in [0.29, 0.717) is 67.1 Å². The van der Waals surface area contributed by atoms with E-state index in [1.165, 1.54) is 30.6 Å². The van der Waals surface area contributed by atoms with E-state index in [9.17, 15) is 35.9 Å². The number of rotatable bonds is 7. The van der Waals surface area contributed by atoms with E-state index >= 15 is 0 Å². The van der Waals surface area contributed by atoms with Gasteiger partial charge in [0.25, 0.3) is 5.91 Å². The predicted octanol–water partition coefficient (Wildman–Crippen LogP) is 10.6. The molecule has 6 atom stereocenters. The molecule has 4 saturated heterocycles. The maximum Gasteiger partial charge on any atom is 0.416 e. The van der Waals surface area contributed by atoms with E-state index in [2.05, 4.69) is 57.3 Å². The number of nitrogens with zero attached hydrogens (tertiary/aromatic N) is 8. The van der Waals surface area contributed by atoms with Gasteiger partial charge in [-0.1, -0.05) is 12.1 Å². The zero-order valence-corrected chi connectivity index (χ0v) is 45.7. The summed E-state index contributed by atoms with van der Waals surface area (Å²) in [6, 6.07) is 8.80. The fourth-order valence-corrected chi connectivity index (χ4v) is 12.9. The molecule has 0 N–H and O–H groups in total. The monoisotopic (exact) mass is 1060 g/mol. The third-order valence-corrected chi connectivity index (χ3v) is 17.4. The minimum Gasteiger partial charge on any atom is -0.444 e. The van der Waals surface area contributed by atoms with Crippen LogP contribution in [0.5, 0.6) is 0 Å². The van der Waals surface area contributed by atoms with E-state index in [0.717, 1.165) is 76.1 Å². The molecule has 0 bridgehead atoms. The molecule has 75 heavy (non-hydrogen) atoms. The number of likely N-dealkylation sites (tertiary alicyclic amines) is 2. The Morgan fingerprint density at radius 2 is 1.00 bits per heavy atom. The van der Waals surface area contributed by atoms with Crippen LogP contribution in [0.15, 0.2) is 42.7 Å². The Bertz CT molecular complexity index is 2500. The number of piperazine rings is 2. The predicted molar refractivity (Wildman–Crippen MR) is 273 cm³/mol. The average molecular weight is 1060 g/mol. The number of carbonyl (C=O) groups is 2. The van der Waals surface area contributed by atoms with Crippen LogP contribution in [0.25, 0.3) is 0 Å². The van der Waals surface area contributed by atoms with E-state index in [4.69, 9.17) is 14.2 Å². The first-order valence-corrected chi connectivity index (χ1v) is 26.7. The maximum atomic E-state index is 13.4. The molecule has 6 aliphatic rings. The number of aromatic nitrogens is 2. The number of methoxy groups -OCH3 is 2. The summed E-state index contributed by atoms with van der Waals surface area (Å²) in [4.78, 5) is 47.9. The molecule has 0 spiro atoms. The van der Waals surface area contributed by atoms with Crippen molar-refractivity contribution < 1.29 is 50.1 Å². The molecule has 2 aromatic carbocycles. The molecule has 414 valence electrons. The SMILES string of the molecule is COC1CC(N2CCN(C3(C)CCN(C(=O)OC(C)(C)C)CC3)CC2C)c2ccc(C(F)(F)F)cc21.COC1CC(N2CCN(C3(C)CCN(C(=O)c4c(C)ncnc4C)CC3)C[C@@H]2C)c2ccc(C(F)(F)F)cc21. The zero-order chi connectivity index (χ0) is 54.6. The van der Waals surface area contributed by atoms with Crippen molar-refractivity contribution in [1.82, 2.24) is 39.4 Å². The fraction of sp³-hybridized carbons (Fsp3) is 0.679. The molecule has 19 heteroatoms. The molecule has 3 aromatic rings. The molecule has 2 aliphatic carbocycles. The normalized spacial score (nSPS) is 26.8. The lowest BCUT2D eigenvalue weighted by molar-refractivity contribution is -0.138. The first kappa shape index (κ1) is 56.8. The Balaban J connectivity index is 0.000000200. The lowest BCUT2D eigenvalue weighted by Gasteiger charge is -2.52. The van der Waals surface area contributed by atoms with Gasteiger partial charge in [0, 0.05) is 115 Å². The van der Waals surface area contributed by atoms with Crippen LogP contribution in [0.1, 0.15) is 166 Å². The molecule has 5 heterocycles. The topological polar surface area (TPSA) is 107 Å².